The number of nitrogens with one attached hydrogen (secondary N) is 2. The summed E-state index contributed by atoms with van der Waals surface area (Å²) in [5.41, 5.74) is 0. The third-order valence-electron chi connectivity index (χ3n) is 2.94. The van der Waals surface area contributed by atoms with Crippen molar-refractivity contribution in [3.63, 3.8) is 0 Å². The van der Waals surface area contributed by atoms with Crippen molar-refractivity contribution in [1.29, 1.82) is 0 Å². The van der Waals surface area contributed by atoms with Gasteiger partial charge in [-0.25, -0.2) is 13.1 Å². The highest BCUT2D eigenvalue weighted by Gasteiger charge is 2.21. The van der Waals surface area contributed by atoms with Gasteiger partial charge in [0.15, 0.2) is 0 Å². The van der Waals surface area contributed by atoms with Gasteiger partial charge in [-0.1, -0.05) is 0 Å². The summed E-state index contributed by atoms with van der Waals surface area (Å²) in [5.74, 6) is 0. The average molecular weight is 279 g/mol. The maximum absolute atomic E-state index is 10.8. The molecule has 2 N–H and O–H groups in total. The Bertz CT molecular complexity index is 332. The molecule has 0 aromatic carbocycles. The van der Waals surface area contributed by atoms with Gasteiger partial charge in [-0.2, -0.15) is 0 Å². The molecule has 1 atom stereocenters. The lowest BCUT2D eigenvalue weighted by Crippen LogP contribution is -2.49. The largest absolute Gasteiger partial charge is 0.374 e. The van der Waals surface area contributed by atoms with E-state index in [1.54, 1.807) is 0 Å². The monoisotopic (exact) mass is 279 g/mol. The lowest BCUT2D eigenvalue weighted by Gasteiger charge is -2.35. The van der Waals surface area contributed by atoms with Crippen LogP contribution in [0.15, 0.2) is 0 Å². The molecule has 1 aliphatic heterocycles. The summed E-state index contributed by atoms with van der Waals surface area (Å²) in [4.78, 5) is 2.39. The van der Waals surface area contributed by atoms with E-state index in [-0.39, 0.29) is 6.10 Å². The molecule has 0 spiro atoms. The SMILES string of the molecule is CC(C)N1CCOC(CNCCNS(C)(=O)=O)C1. The van der Waals surface area contributed by atoms with Crippen molar-refractivity contribution in [3.8, 4) is 0 Å². The minimum Gasteiger partial charge on any atom is -0.374 e. The van der Waals surface area contributed by atoms with Gasteiger partial charge < -0.3 is 10.1 Å². The van der Waals surface area contributed by atoms with Crippen LogP contribution in [0.3, 0.4) is 0 Å². The second-order valence-electron chi connectivity index (χ2n) is 4.95. The topological polar surface area (TPSA) is 70.7 Å². The molecule has 0 bridgehead atoms. The molecule has 1 rings (SSSR count). The quantitative estimate of drug-likeness (QED) is 0.599. The Labute approximate surface area is 110 Å². The van der Waals surface area contributed by atoms with E-state index in [0.29, 0.717) is 19.1 Å². The van der Waals surface area contributed by atoms with E-state index in [4.69, 9.17) is 4.74 Å². The fourth-order valence-corrected chi connectivity index (χ4v) is 2.40. The zero-order valence-electron chi connectivity index (χ0n) is 11.5. The Morgan fingerprint density at radius 2 is 2.11 bits per heavy atom. The number of rotatable bonds is 7. The van der Waals surface area contributed by atoms with Crippen LogP contribution in [0.4, 0.5) is 0 Å². The van der Waals surface area contributed by atoms with Gasteiger partial charge in [0.2, 0.25) is 10.0 Å². The summed E-state index contributed by atoms with van der Waals surface area (Å²) in [5, 5.41) is 3.21. The fraction of sp³-hybridized carbons (Fsp3) is 1.00. The van der Waals surface area contributed by atoms with Gasteiger partial charge in [0, 0.05) is 38.8 Å². The van der Waals surface area contributed by atoms with E-state index >= 15 is 0 Å². The maximum Gasteiger partial charge on any atom is 0.208 e. The summed E-state index contributed by atoms with van der Waals surface area (Å²) in [6.07, 6.45) is 1.36. The molecule has 1 saturated heterocycles. The molecule has 1 fully saturated rings. The van der Waals surface area contributed by atoms with Gasteiger partial charge in [-0.15, -0.1) is 0 Å². The lowest BCUT2D eigenvalue weighted by atomic mass is 10.2. The zero-order valence-corrected chi connectivity index (χ0v) is 12.3. The van der Waals surface area contributed by atoms with Crippen molar-refractivity contribution >= 4 is 10.0 Å². The van der Waals surface area contributed by atoms with Gasteiger partial charge in [-0.05, 0) is 13.8 Å². The number of ether oxygens (including phenoxy) is 1. The maximum atomic E-state index is 10.8. The highest BCUT2D eigenvalue weighted by atomic mass is 32.2. The highest BCUT2D eigenvalue weighted by molar-refractivity contribution is 7.88. The third kappa shape index (κ3) is 6.65. The van der Waals surface area contributed by atoms with E-state index in [1.165, 1.54) is 0 Å². The Balaban J connectivity index is 2.12. The minimum absolute atomic E-state index is 0.194. The lowest BCUT2D eigenvalue weighted by molar-refractivity contribution is -0.0369. The highest BCUT2D eigenvalue weighted by Crippen LogP contribution is 2.07. The molecular weight excluding hydrogens is 254 g/mol. The second kappa shape index (κ2) is 7.40. The molecule has 0 aromatic heterocycles. The number of morpholine rings is 1. The van der Waals surface area contributed by atoms with Gasteiger partial charge in [0.25, 0.3) is 0 Å². The smallest absolute Gasteiger partial charge is 0.208 e. The normalized spacial score (nSPS) is 22.6. The van der Waals surface area contributed by atoms with Crippen molar-refractivity contribution in [2.24, 2.45) is 0 Å². The van der Waals surface area contributed by atoms with Gasteiger partial charge >= 0.3 is 0 Å². The van der Waals surface area contributed by atoms with Gasteiger partial charge in [0.1, 0.15) is 0 Å². The molecular formula is C11H25N3O3S. The Hall–Kier alpha value is -0.210. The van der Waals surface area contributed by atoms with Crippen LogP contribution in [0.2, 0.25) is 0 Å². The molecule has 0 aromatic rings. The molecule has 7 heteroatoms. The number of hydrogen-bond acceptors (Lipinski definition) is 5. The number of nitrogens with zero attached hydrogens (tertiary/aromatic N) is 1. The molecule has 0 amide bonds. The number of sulfonamides is 1. The van der Waals surface area contributed by atoms with Crippen LogP contribution in [-0.4, -0.2) is 71.0 Å². The van der Waals surface area contributed by atoms with E-state index in [2.05, 4.69) is 28.8 Å². The molecule has 1 aliphatic rings. The second-order valence-corrected chi connectivity index (χ2v) is 6.79. The fourth-order valence-electron chi connectivity index (χ4n) is 1.92. The van der Waals surface area contributed by atoms with Crippen LogP contribution < -0.4 is 10.0 Å². The zero-order chi connectivity index (χ0) is 13.6. The molecule has 0 radical (unpaired) electrons. The van der Waals surface area contributed by atoms with Crippen molar-refractivity contribution in [1.82, 2.24) is 14.9 Å². The van der Waals surface area contributed by atoms with Crippen LogP contribution in [0, 0.1) is 0 Å². The van der Waals surface area contributed by atoms with E-state index in [1.807, 2.05) is 0 Å². The Morgan fingerprint density at radius 3 is 2.72 bits per heavy atom. The number of hydrogen-bond donors (Lipinski definition) is 2. The molecule has 1 unspecified atom stereocenters. The first-order valence-corrected chi connectivity index (χ1v) is 8.28. The van der Waals surface area contributed by atoms with Gasteiger partial charge in [0.05, 0.1) is 19.0 Å². The van der Waals surface area contributed by atoms with Crippen LogP contribution in [0.1, 0.15) is 13.8 Å². The standard InChI is InChI=1S/C11H25N3O3S/c1-10(2)14-6-7-17-11(9-14)8-12-4-5-13-18(3,15)16/h10-13H,4-9H2,1-3H3. The summed E-state index contributed by atoms with van der Waals surface area (Å²) < 4.78 is 29.8. The molecule has 0 saturated carbocycles. The van der Waals surface area contributed by atoms with Crippen molar-refractivity contribution in [2.75, 3.05) is 45.6 Å². The van der Waals surface area contributed by atoms with Crippen LogP contribution in [0.25, 0.3) is 0 Å². The molecule has 108 valence electrons. The predicted octanol–water partition coefficient (Wildman–Crippen LogP) is -0.766. The first-order chi connectivity index (χ1) is 8.38. The van der Waals surface area contributed by atoms with Gasteiger partial charge in [-0.3, -0.25) is 4.90 Å². The molecule has 6 nitrogen and oxygen atoms in total. The van der Waals surface area contributed by atoms with Crippen molar-refractivity contribution in [3.05, 3.63) is 0 Å². The summed E-state index contributed by atoms with van der Waals surface area (Å²) in [6, 6.07) is 0.545. The van der Waals surface area contributed by atoms with Crippen LogP contribution >= 0.6 is 0 Å². The first-order valence-electron chi connectivity index (χ1n) is 6.39. The van der Waals surface area contributed by atoms with Crippen LogP contribution in [-0.2, 0) is 14.8 Å². The summed E-state index contributed by atoms with van der Waals surface area (Å²) in [7, 11) is -3.08. The molecule has 18 heavy (non-hydrogen) atoms. The third-order valence-corrected chi connectivity index (χ3v) is 3.67. The van der Waals surface area contributed by atoms with E-state index in [0.717, 1.165) is 32.5 Å². The Morgan fingerprint density at radius 1 is 1.39 bits per heavy atom. The minimum atomic E-state index is -3.08. The molecule has 1 heterocycles. The molecule has 0 aliphatic carbocycles. The van der Waals surface area contributed by atoms with Crippen molar-refractivity contribution in [2.45, 2.75) is 26.0 Å². The predicted molar refractivity (Wildman–Crippen MR) is 72.2 cm³/mol. The van der Waals surface area contributed by atoms with Crippen molar-refractivity contribution < 1.29 is 13.2 Å². The average Bonchev–Trinajstić information content (AvgIpc) is 2.27. The van der Waals surface area contributed by atoms with E-state index < -0.39 is 10.0 Å². The Kier molecular flexibility index (Phi) is 6.51. The summed E-state index contributed by atoms with van der Waals surface area (Å²) >= 11 is 0. The van der Waals surface area contributed by atoms with E-state index in [9.17, 15) is 8.42 Å². The summed E-state index contributed by atoms with van der Waals surface area (Å²) in [6.45, 7) is 8.86. The van der Waals surface area contributed by atoms with Crippen LogP contribution in [0.5, 0.6) is 0 Å². The first kappa shape index (κ1) is 15.8.